The van der Waals surface area contributed by atoms with Crippen molar-refractivity contribution < 1.29 is 19.2 Å². The first-order valence-electron chi connectivity index (χ1n) is 8.78. The fraction of sp³-hybridized carbons (Fsp3) is 0.190. The SMILES string of the molecule is COC(=O)C(c1ccc([N+](=O)[O-])cn1)c1ccc(C(=O)c2ccc(C)cc2)n1C. The standard InChI is InChI=1S/C21H19N3O5/c1-13-4-6-14(7-5-13)20(25)18-11-10-17(23(18)2)19(21(26)29-3)16-9-8-15(12-22-16)24(27)28/h4-12,19H,1-3H3. The van der Waals surface area contributed by atoms with Crippen molar-refractivity contribution in [3.05, 3.63) is 93.1 Å². The second kappa shape index (κ2) is 8.05. The van der Waals surface area contributed by atoms with Crippen LogP contribution in [0.1, 0.15) is 38.9 Å². The van der Waals surface area contributed by atoms with E-state index in [-0.39, 0.29) is 17.2 Å². The van der Waals surface area contributed by atoms with Crippen LogP contribution in [0.3, 0.4) is 0 Å². The number of ether oxygens (including phenoxy) is 1. The minimum atomic E-state index is -0.926. The van der Waals surface area contributed by atoms with Crippen molar-refractivity contribution in [1.82, 2.24) is 9.55 Å². The van der Waals surface area contributed by atoms with E-state index in [0.717, 1.165) is 11.8 Å². The monoisotopic (exact) mass is 393 g/mol. The van der Waals surface area contributed by atoms with Crippen LogP contribution in [-0.4, -0.2) is 33.3 Å². The summed E-state index contributed by atoms with van der Waals surface area (Å²) in [5.74, 6) is -1.69. The van der Waals surface area contributed by atoms with E-state index in [1.165, 1.54) is 19.2 Å². The Kier molecular flexibility index (Phi) is 5.54. The maximum absolute atomic E-state index is 12.9. The van der Waals surface area contributed by atoms with Gasteiger partial charge in [-0.2, -0.15) is 0 Å². The van der Waals surface area contributed by atoms with Gasteiger partial charge in [0.1, 0.15) is 12.1 Å². The number of carbonyl (C=O) groups is 2. The number of ketones is 1. The highest BCUT2D eigenvalue weighted by atomic mass is 16.6. The smallest absolute Gasteiger partial charge is 0.320 e. The molecule has 1 aromatic carbocycles. The van der Waals surface area contributed by atoms with Crippen LogP contribution in [0.5, 0.6) is 0 Å². The van der Waals surface area contributed by atoms with Crippen molar-refractivity contribution in [3.8, 4) is 0 Å². The zero-order valence-corrected chi connectivity index (χ0v) is 16.2. The van der Waals surface area contributed by atoms with E-state index in [4.69, 9.17) is 4.74 Å². The van der Waals surface area contributed by atoms with E-state index < -0.39 is 16.8 Å². The second-order valence-corrected chi connectivity index (χ2v) is 6.55. The number of carbonyl (C=O) groups excluding carboxylic acids is 2. The molecule has 0 aliphatic rings. The fourth-order valence-corrected chi connectivity index (χ4v) is 3.08. The number of nitro groups is 1. The molecule has 0 saturated heterocycles. The number of nitrogens with zero attached hydrogens (tertiary/aromatic N) is 3. The average molecular weight is 393 g/mol. The molecule has 8 heteroatoms. The van der Waals surface area contributed by atoms with E-state index in [1.54, 1.807) is 35.9 Å². The molecule has 2 heterocycles. The summed E-state index contributed by atoms with van der Waals surface area (Å²) in [4.78, 5) is 39.7. The molecule has 0 aliphatic heterocycles. The Bertz CT molecular complexity index is 1070. The van der Waals surface area contributed by atoms with Crippen molar-refractivity contribution in [2.75, 3.05) is 7.11 Å². The van der Waals surface area contributed by atoms with E-state index in [1.807, 2.05) is 19.1 Å². The summed E-state index contributed by atoms with van der Waals surface area (Å²) in [6.45, 7) is 1.94. The molecule has 0 aliphatic carbocycles. The van der Waals surface area contributed by atoms with Crippen molar-refractivity contribution in [3.63, 3.8) is 0 Å². The van der Waals surface area contributed by atoms with Gasteiger partial charge in [-0.25, -0.2) is 0 Å². The maximum Gasteiger partial charge on any atom is 0.320 e. The number of pyridine rings is 1. The number of aromatic nitrogens is 2. The van der Waals surface area contributed by atoms with Gasteiger partial charge >= 0.3 is 5.97 Å². The molecule has 8 nitrogen and oxygen atoms in total. The molecule has 2 aromatic heterocycles. The van der Waals surface area contributed by atoms with Crippen molar-refractivity contribution in [2.24, 2.45) is 7.05 Å². The molecule has 0 bridgehead atoms. The molecule has 0 radical (unpaired) electrons. The molecule has 3 rings (SSSR count). The molecule has 1 atom stereocenters. The number of rotatable bonds is 6. The number of benzene rings is 1. The summed E-state index contributed by atoms with van der Waals surface area (Å²) in [6.07, 6.45) is 1.09. The zero-order chi connectivity index (χ0) is 21.1. The Hall–Kier alpha value is -3.81. The predicted molar refractivity (Wildman–Crippen MR) is 105 cm³/mol. The molecular formula is C21H19N3O5. The Morgan fingerprint density at radius 2 is 1.79 bits per heavy atom. The molecule has 29 heavy (non-hydrogen) atoms. The molecule has 1 unspecified atom stereocenters. The number of esters is 1. The minimum Gasteiger partial charge on any atom is -0.468 e. The normalized spacial score (nSPS) is 11.7. The summed E-state index contributed by atoms with van der Waals surface area (Å²) in [5, 5.41) is 10.9. The van der Waals surface area contributed by atoms with Gasteiger partial charge in [0, 0.05) is 24.4 Å². The summed E-state index contributed by atoms with van der Waals surface area (Å²) in [7, 11) is 2.93. The Morgan fingerprint density at radius 1 is 1.10 bits per heavy atom. The van der Waals surface area contributed by atoms with Gasteiger partial charge in [0.05, 0.1) is 23.4 Å². The molecule has 0 fully saturated rings. The first-order valence-corrected chi connectivity index (χ1v) is 8.78. The third kappa shape index (κ3) is 3.91. The first-order chi connectivity index (χ1) is 13.8. The van der Waals surface area contributed by atoms with Gasteiger partial charge in [-0.05, 0) is 25.1 Å². The molecule has 3 aromatic rings. The number of aryl methyl sites for hydroxylation is 1. The van der Waals surface area contributed by atoms with Gasteiger partial charge < -0.3 is 9.30 Å². The van der Waals surface area contributed by atoms with Crippen molar-refractivity contribution >= 4 is 17.4 Å². The molecule has 0 saturated carbocycles. The van der Waals surface area contributed by atoms with Gasteiger partial charge in [-0.1, -0.05) is 29.8 Å². The second-order valence-electron chi connectivity index (χ2n) is 6.55. The van der Waals surface area contributed by atoms with Crippen molar-refractivity contribution in [2.45, 2.75) is 12.8 Å². The summed E-state index contributed by atoms with van der Waals surface area (Å²) >= 11 is 0. The maximum atomic E-state index is 12.9. The minimum absolute atomic E-state index is 0.181. The Balaban J connectivity index is 2.01. The average Bonchev–Trinajstić information content (AvgIpc) is 3.09. The third-order valence-electron chi connectivity index (χ3n) is 4.72. The largest absolute Gasteiger partial charge is 0.468 e. The first kappa shape index (κ1) is 19.9. The lowest BCUT2D eigenvalue weighted by Crippen LogP contribution is -2.20. The summed E-state index contributed by atoms with van der Waals surface area (Å²) in [6, 6.07) is 13.2. The molecule has 148 valence electrons. The molecule has 0 amide bonds. The van der Waals surface area contributed by atoms with Crippen LogP contribution in [0.15, 0.2) is 54.7 Å². The van der Waals surface area contributed by atoms with Gasteiger partial charge in [-0.3, -0.25) is 24.7 Å². The molecule has 0 N–H and O–H groups in total. The zero-order valence-electron chi connectivity index (χ0n) is 16.2. The summed E-state index contributed by atoms with van der Waals surface area (Å²) in [5.41, 5.74) is 2.58. The van der Waals surface area contributed by atoms with Crippen LogP contribution >= 0.6 is 0 Å². The van der Waals surface area contributed by atoms with Gasteiger partial charge in [-0.15, -0.1) is 0 Å². The van der Waals surface area contributed by atoms with Crippen LogP contribution in [0.25, 0.3) is 0 Å². The Labute approximate surface area is 166 Å². The molecular weight excluding hydrogens is 374 g/mol. The highest BCUT2D eigenvalue weighted by Gasteiger charge is 2.29. The topological polar surface area (TPSA) is 104 Å². The van der Waals surface area contributed by atoms with Crippen LogP contribution in [-0.2, 0) is 16.6 Å². The van der Waals surface area contributed by atoms with Gasteiger partial charge in [0.25, 0.3) is 5.69 Å². The lowest BCUT2D eigenvalue weighted by molar-refractivity contribution is -0.385. The van der Waals surface area contributed by atoms with E-state index >= 15 is 0 Å². The molecule has 0 spiro atoms. The quantitative estimate of drug-likeness (QED) is 0.276. The Morgan fingerprint density at radius 3 is 2.34 bits per heavy atom. The van der Waals surface area contributed by atoms with Crippen LogP contribution in [0.4, 0.5) is 5.69 Å². The third-order valence-corrected chi connectivity index (χ3v) is 4.72. The van der Waals surface area contributed by atoms with E-state index in [2.05, 4.69) is 4.98 Å². The lowest BCUT2D eigenvalue weighted by Gasteiger charge is -2.16. The van der Waals surface area contributed by atoms with Crippen molar-refractivity contribution in [1.29, 1.82) is 0 Å². The van der Waals surface area contributed by atoms with E-state index in [0.29, 0.717) is 17.0 Å². The van der Waals surface area contributed by atoms with Gasteiger partial charge in [0.2, 0.25) is 5.78 Å². The van der Waals surface area contributed by atoms with Crippen LogP contribution < -0.4 is 0 Å². The highest BCUT2D eigenvalue weighted by Crippen LogP contribution is 2.28. The summed E-state index contributed by atoms with van der Waals surface area (Å²) < 4.78 is 6.53. The van der Waals surface area contributed by atoms with Crippen LogP contribution in [0.2, 0.25) is 0 Å². The highest BCUT2D eigenvalue weighted by molar-refractivity contribution is 6.08. The number of hydrogen-bond acceptors (Lipinski definition) is 6. The number of hydrogen-bond donors (Lipinski definition) is 0. The van der Waals surface area contributed by atoms with Crippen LogP contribution in [0, 0.1) is 17.0 Å². The fourth-order valence-electron chi connectivity index (χ4n) is 3.08. The van der Waals surface area contributed by atoms with Gasteiger partial charge in [0.15, 0.2) is 0 Å². The predicted octanol–water partition coefficient (Wildman–Crippen LogP) is 3.17. The number of methoxy groups -OCH3 is 1. The van der Waals surface area contributed by atoms with E-state index in [9.17, 15) is 19.7 Å². The lowest BCUT2D eigenvalue weighted by atomic mass is 10.0.